The lowest BCUT2D eigenvalue weighted by atomic mass is 10.1. The van der Waals surface area contributed by atoms with Crippen molar-refractivity contribution in [2.75, 3.05) is 19.0 Å². The predicted molar refractivity (Wildman–Crippen MR) is 82.6 cm³/mol. The van der Waals surface area contributed by atoms with E-state index in [-0.39, 0.29) is 17.9 Å². The molecule has 0 aliphatic carbocycles. The van der Waals surface area contributed by atoms with Crippen LogP contribution in [-0.2, 0) is 20.7 Å². The van der Waals surface area contributed by atoms with Crippen molar-refractivity contribution in [3.05, 3.63) is 59.4 Å². The fraction of sp³-hybridized carbons (Fsp3) is 0.176. The molecule has 25 heavy (non-hydrogen) atoms. The summed E-state index contributed by atoms with van der Waals surface area (Å²) in [5.74, 6) is -4.20. The Labute approximate surface area is 141 Å². The molecule has 2 rings (SSSR count). The molecule has 0 bridgehead atoms. The molecular formula is C17H14F3NO4. The number of anilines is 1. The van der Waals surface area contributed by atoms with Gasteiger partial charge in [0.2, 0.25) is 0 Å². The van der Waals surface area contributed by atoms with Crippen molar-refractivity contribution in [1.29, 1.82) is 0 Å². The maximum absolute atomic E-state index is 13.5. The SMILES string of the molecule is COc1ccc(CC(=O)OCC(=O)Nc2ccc(F)c(F)c2)cc1F. The number of ether oxygens (including phenoxy) is 2. The van der Waals surface area contributed by atoms with Gasteiger partial charge in [-0.1, -0.05) is 6.07 Å². The normalized spacial score (nSPS) is 10.2. The van der Waals surface area contributed by atoms with Gasteiger partial charge in [0.25, 0.3) is 5.91 Å². The molecule has 0 unspecified atom stereocenters. The summed E-state index contributed by atoms with van der Waals surface area (Å²) >= 11 is 0. The summed E-state index contributed by atoms with van der Waals surface area (Å²) in [6, 6.07) is 6.81. The van der Waals surface area contributed by atoms with Crippen molar-refractivity contribution < 1.29 is 32.2 Å². The minimum atomic E-state index is -1.11. The fourth-order valence-corrected chi connectivity index (χ4v) is 1.95. The minimum Gasteiger partial charge on any atom is -0.494 e. The highest BCUT2D eigenvalue weighted by Gasteiger charge is 2.12. The lowest BCUT2D eigenvalue weighted by molar-refractivity contribution is -0.146. The van der Waals surface area contributed by atoms with E-state index in [0.717, 1.165) is 24.3 Å². The Bertz CT molecular complexity index is 795. The molecule has 2 aromatic carbocycles. The highest BCUT2D eigenvalue weighted by molar-refractivity contribution is 5.92. The molecule has 1 N–H and O–H groups in total. The second-order valence-electron chi connectivity index (χ2n) is 4.98. The van der Waals surface area contributed by atoms with Gasteiger partial charge in [0.05, 0.1) is 13.5 Å². The molecule has 0 aliphatic rings. The molecule has 132 valence electrons. The first kappa shape index (κ1) is 18.3. The number of nitrogens with one attached hydrogen (secondary N) is 1. The summed E-state index contributed by atoms with van der Waals surface area (Å²) in [5.41, 5.74) is 0.376. The van der Waals surface area contributed by atoms with Gasteiger partial charge in [0.1, 0.15) is 0 Å². The molecule has 0 atom stereocenters. The predicted octanol–water partition coefficient (Wildman–Crippen LogP) is 2.84. The summed E-state index contributed by atoms with van der Waals surface area (Å²) in [4.78, 5) is 23.3. The molecule has 0 aliphatic heterocycles. The Balaban J connectivity index is 1.83. The van der Waals surface area contributed by atoms with E-state index in [1.807, 2.05) is 0 Å². The third kappa shape index (κ3) is 5.23. The van der Waals surface area contributed by atoms with Crippen molar-refractivity contribution in [2.45, 2.75) is 6.42 Å². The molecule has 8 heteroatoms. The maximum atomic E-state index is 13.5. The number of methoxy groups -OCH3 is 1. The van der Waals surface area contributed by atoms with E-state index < -0.39 is 35.9 Å². The van der Waals surface area contributed by atoms with Crippen molar-refractivity contribution in [3.8, 4) is 5.75 Å². The topological polar surface area (TPSA) is 64.6 Å². The van der Waals surface area contributed by atoms with E-state index in [1.54, 1.807) is 0 Å². The Morgan fingerprint density at radius 1 is 1.00 bits per heavy atom. The molecule has 0 saturated carbocycles. The zero-order chi connectivity index (χ0) is 18.4. The molecule has 0 aromatic heterocycles. The number of carbonyl (C=O) groups is 2. The monoisotopic (exact) mass is 353 g/mol. The molecule has 2 aromatic rings. The zero-order valence-corrected chi connectivity index (χ0v) is 13.1. The van der Waals surface area contributed by atoms with Gasteiger partial charge in [-0.25, -0.2) is 13.2 Å². The van der Waals surface area contributed by atoms with Crippen molar-refractivity contribution in [2.24, 2.45) is 0 Å². The van der Waals surface area contributed by atoms with E-state index in [4.69, 9.17) is 9.47 Å². The van der Waals surface area contributed by atoms with Crippen LogP contribution in [0.2, 0.25) is 0 Å². The second kappa shape index (κ2) is 8.18. The van der Waals surface area contributed by atoms with Crippen LogP contribution in [0.15, 0.2) is 36.4 Å². The van der Waals surface area contributed by atoms with Crippen LogP contribution in [0, 0.1) is 17.5 Å². The number of rotatable bonds is 6. The minimum absolute atomic E-state index is 0.0252. The average Bonchev–Trinajstić information content (AvgIpc) is 2.56. The van der Waals surface area contributed by atoms with Gasteiger partial charge in [-0.05, 0) is 29.8 Å². The second-order valence-corrected chi connectivity index (χ2v) is 4.98. The zero-order valence-electron chi connectivity index (χ0n) is 13.1. The molecule has 5 nitrogen and oxygen atoms in total. The van der Waals surface area contributed by atoms with Crippen LogP contribution in [0.4, 0.5) is 18.9 Å². The van der Waals surface area contributed by atoms with Gasteiger partial charge in [0, 0.05) is 11.8 Å². The van der Waals surface area contributed by atoms with Crippen molar-refractivity contribution >= 4 is 17.6 Å². The number of amides is 1. The first-order chi connectivity index (χ1) is 11.9. The summed E-state index contributed by atoms with van der Waals surface area (Å²) in [6.07, 6.45) is -0.237. The lowest BCUT2D eigenvalue weighted by Crippen LogP contribution is -2.21. The standard InChI is InChI=1S/C17H14F3NO4/c1-24-15-5-2-10(6-14(15)20)7-17(23)25-9-16(22)21-11-3-4-12(18)13(19)8-11/h2-6,8H,7,9H2,1H3,(H,21,22). The van der Waals surface area contributed by atoms with Crippen LogP contribution in [0.25, 0.3) is 0 Å². The molecule has 0 heterocycles. The van der Waals surface area contributed by atoms with Crippen LogP contribution < -0.4 is 10.1 Å². The largest absolute Gasteiger partial charge is 0.494 e. The highest BCUT2D eigenvalue weighted by Crippen LogP contribution is 2.18. The highest BCUT2D eigenvalue weighted by atomic mass is 19.2. The summed E-state index contributed by atoms with van der Waals surface area (Å²) < 4.78 is 48.8. The van der Waals surface area contributed by atoms with E-state index in [9.17, 15) is 22.8 Å². The average molecular weight is 353 g/mol. The smallest absolute Gasteiger partial charge is 0.310 e. The molecule has 0 fully saturated rings. The van der Waals surface area contributed by atoms with Crippen LogP contribution in [-0.4, -0.2) is 25.6 Å². The third-order valence-electron chi connectivity index (χ3n) is 3.13. The van der Waals surface area contributed by atoms with Crippen LogP contribution in [0.1, 0.15) is 5.56 Å². The Morgan fingerprint density at radius 2 is 1.76 bits per heavy atom. The molecule has 0 spiro atoms. The number of halogens is 3. The Kier molecular flexibility index (Phi) is 5.99. The number of carbonyl (C=O) groups excluding carboxylic acids is 2. The summed E-state index contributed by atoms with van der Waals surface area (Å²) in [7, 11) is 1.32. The van der Waals surface area contributed by atoms with E-state index in [0.29, 0.717) is 5.56 Å². The maximum Gasteiger partial charge on any atom is 0.310 e. The van der Waals surface area contributed by atoms with E-state index in [1.165, 1.54) is 19.2 Å². The fourth-order valence-electron chi connectivity index (χ4n) is 1.95. The molecule has 0 radical (unpaired) electrons. The summed E-state index contributed by atoms with van der Waals surface area (Å²) in [6.45, 7) is -0.615. The third-order valence-corrected chi connectivity index (χ3v) is 3.13. The lowest BCUT2D eigenvalue weighted by Gasteiger charge is -2.08. The van der Waals surface area contributed by atoms with Crippen LogP contribution in [0.3, 0.4) is 0 Å². The number of esters is 1. The number of hydrogen-bond donors (Lipinski definition) is 1. The van der Waals surface area contributed by atoms with E-state index >= 15 is 0 Å². The van der Waals surface area contributed by atoms with Gasteiger partial charge in [-0.2, -0.15) is 0 Å². The van der Waals surface area contributed by atoms with Crippen LogP contribution >= 0.6 is 0 Å². The Morgan fingerprint density at radius 3 is 2.40 bits per heavy atom. The van der Waals surface area contributed by atoms with Gasteiger partial charge in [-0.3, -0.25) is 9.59 Å². The van der Waals surface area contributed by atoms with E-state index in [2.05, 4.69) is 5.32 Å². The quantitative estimate of drug-likeness (QED) is 0.811. The van der Waals surface area contributed by atoms with Crippen LogP contribution in [0.5, 0.6) is 5.75 Å². The molecule has 0 saturated heterocycles. The molecule has 1 amide bonds. The first-order valence-electron chi connectivity index (χ1n) is 7.12. The molecular weight excluding hydrogens is 339 g/mol. The van der Waals surface area contributed by atoms with Gasteiger partial charge in [0.15, 0.2) is 29.8 Å². The van der Waals surface area contributed by atoms with Crippen molar-refractivity contribution in [3.63, 3.8) is 0 Å². The Hall–Kier alpha value is -3.03. The van der Waals surface area contributed by atoms with Gasteiger partial charge < -0.3 is 14.8 Å². The first-order valence-corrected chi connectivity index (χ1v) is 7.12. The van der Waals surface area contributed by atoms with Gasteiger partial charge >= 0.3 is 5.97 Å². The number of benzene rings is 2. The van der Waals surface area contributed by atoms with Crippen molar-refractivity contribution in [1.82, 2.24) is 0 Å². The summed E-state index contributed by atoms with van der Waals surface area (Å²) in [5, 5.41) is 2.25. The number of hydrogen-bond acceptors (Lipinski definition) is 4. The van der Waals surface area contributed by atoms with Gasteiger partial charge in [-0.15, -0.1) is 0 Å².